The molecule has 2 atom stereocenters. The number of carbonyl (C=O) groups is 3. The maximum Gasteiger partial charge on any atom is 0.319 e. The summed E-state index contributed by atoms with van der Waals surface area (Å²) in [5, 5.41) is 7.45. The van der Waals surface area contributed by atoms with Crippen molar-refractivity contribution in [1.82, 2.24) is 15.5 Å². The van der Waals surface area contributed by atoms with Gasteiger partial charge in [0, 0.05) is 24.8 Å². The van der Waals surface area contributed by atoms with Crippen molar-refractivity contribution in [2.45, 2.75) is 25.4 Å². The second kappa shape index (κ2) is 7.73. The fourth-order valence-corrected chi connectivity index (χ4v) is 2.53. The predicted octanol–water partition coefficient (Wildman–Crippen LogP) is 0.605. The average Bonchev–Trinajstić information content (AvgIpc) is 2.96. The highest BCUT2D eigenvalue weighted by Gasteiger charge is 2.30. The summed E-state index contributed by atoms with van der Waals surface area (Å²) >= 11 is 0. The lowest BCUT2D eigenvalue weighted by molar-refractivity contribution is -0.124. The molecule has 1 aromatic carbocycles. The molecule has 0 aromatic heterocycles. The number of nitrogens with two attached hydrogens (primary N) is 1. The van der Waals surface area contributed by atoms with Gasteiger partial charge in [-0.05, 0) is 37.6 Å². The molecule has 1 aliphatic heterocycles. The number of primary amides is 1. The molecule has 0 aliphatic carbocycles. The van der Waals surface area contributed by atoms with Crippen LogP contribution in [0.2, 0.25) is 0 Å². The normalized spacial score (nSPS) is 18.7. The molecular formula is C15H20FN5O3. The Morgan fingerprint density at radius 1 is 1.29 bits per heavy atom. The lowest BCUT2D eigenvalue weighted by Gasteiger charge is -2.22. The number of nitrogens with one attached hydrogen (secondary N) is 3. The molecule has 24 heavy (non-hydrogen) atoms. The average molecular weight is 337 g/mol. The van der Waals surface area contributed by atoms with Crippen LogP contribution in [-0.4, -0.2) is 48.0 Å². The highest BCUT2D eigenvalue weighted by Crippen LogP contribution is 2.14. The van der Waals surface area contributed by atoms with Crippen LogP contribution < -0.4 is 21.7 Å². The summed E-state index contributed by atoms with van der Waals surface area (Å²) in [7, 11) is 0. The van der Waals surface area contributed by atoms with Gasteiger partial charge in [-0.3, -0.25) is 15.0 Å². The molecule has 1 fully saturated rings. The van der Waals surface area contributed by atoms with E-state index in [0.29, 0.717) is 25.2 Å². The highest BCUT2D eigenvalue weighted by atomic mass is 19.1. The summed E-state index contributed by atoms with van der Waals surface area (Å²) in [4.78, 5) is 36.3. The molecule has 2 unspecified atom stereocenters. The van der Waals surface area contributed by atoms with Gasteiger partial charge in [-0.1, -0.05) is 0 Å². The fourth-order valence-electron chi connectivity index (χ4n) is 2.53. The highest BCUT2D eigenvalue weighted by molar-refractivity contribution is 5.96. The largest absolute Gasteiger partial charge is 0.351 e. The van der Waals surface area contributed by atoms with Crippen LogP contribution in [0.1, 0.15) is 13.3 Å². The monoisotopic (exact) mass is 337 g/mol. The Morgan fingerprint density at radius 3 is 2.58 bits per heavy atom. The zero-order valence-corrected chi connectivity index (χ0v) is 13.2. The molecule has 130 valence electrons. The molecule has 0 saturated carbocycles. The van der Waals surface area contributed by atoms with Crippen LogP contribution >= 0.6 is 0 Å². The Morgan fingerprint density at radius 2 is 1.96 bits per heavy atom. The number of hydrogen-bond donors (Lipinski definition) is 4. The molecule has 2 rings (SSSR count). The van der Waals surface area contributed by atoms with Gasteiger partial charge >= 0.3 is 12.1 Å². The predicted molar refractivity (Wildman–Crippen MR) is 85.7 cm³/mol. The smallest absolute Gasteiger partial charge is 0.319 e. The Hall–Kier alpha value is -2.68. The molecular weight excluding hydrogens is 317 g/mol. The van der Waals surface area contributed by atoms with Crippen molar-refractivity contribution >= 4 is 23.7 Å². The van der Waals surface area contributed by atoms with Crippen molar-refractivity contribution in [1.29, 1.82) is 0 Å². The first-order chi connectivity index (χ1) is 11.3. The van der Waals surface area contributed by atoms with E-state index in [2.05, 4.69) is 10.6 Å². The summed E-state index contributed by atoms with van der Waals surface area (Å²) in [6.45, 7) is 2.75. The van der Waals surface area contributed by atoms with Gasteiger partial charge in [0.15, 0.2) is 0 Å². The number of likely N-dealkylation sites (tertiary alicyclic amines) is 1. The van der Waals surface area contributed by atoms with Gasteiger partial charge in [-0.15, -0.1) is 0 Å². The number of halogens is 1. The molecule has 1 aromatic rings. The van der Waals surface area contributed by atoms with Crippen molar-refractivity contribution in [2.75, 3.05) is 18.4 Å². The number of anilines is 1. The third kappa shape index (κ3) is 4.92. The maximum atomic E-state index is 12.8. The van der Waals surface area contributed by atoms with Crippen LogP contribution in [0.3, 0.4) is 0 Å². The summed E-state index contributed by atoms with van der Waals surface area (Å²) in [5.41, 5.74) is 5.41. The summed E-state index contributed by atoms with van der Waals surface area (Å²) in [5.74, 6) is -0.852. The lowest BCUT2D eigenvalue weighted by Crippen LogP contribution is -2.48. The van der Waals surface area contributed by atoms with Gasteiger partial charge in [-0.25, -0.2) is 14.0 Å². The first-order valence-electron chi connectivity index (χ1n) is 7.52. The Balaban J connectivity index is 1.80. The number of carbonyl (C=O) groups excluding carboxylic acids is 3. The Bertz CT molecular complexity index is 622. The lowest BCUT2D eigenvalue weighted by atomic mass is 10.2. The summed E-state index contributed by atoms with van der Waals surface area (Å²) < 4.78 is 12.8. The molecule has 1 saturated heterocycles. The van der Waals surface area contributed by atoms with Crippen molar-refractivity contribution in [2.24, 2.45) is 5.73 Å². The van der Waals surface area contributed by atoms with E-state index in [0.717, 1.165) is 0 Å². The molecule has 9 heteroatoms. The number of benzene rings is 1. The van der Waals surface area contributed by atoms with Crippen molar-refractivity contribution in [3.63, 3.8) is 0 Å². The minimum absolute atomic E-state index is 0.130. The molecule has 5 N–H and O–H groups in total. The standard InChI is InChI=1S/C15H20FN5O3/c1-9(13(22)20-14(17)23)21-7-6-12(8-21)19-15(24)18-11-4-2-10(16)3-5-11/h2-5,9,12H,6-8H2,1H3,(H2,18,19,24)(H3,17,20,22,23). The van der Waals surface area contributed by atoms with Gasteiger partial charge < -0.3 is 16.4 Å². The van der Waals surface area contributed by atoms with E-state index in [4.69, 9.17) is 5.73 Å². The first kappa shape index (κ1) is 17.7. The van der Waals surface area contributed by atoms with Gasteiger partial charge in [0.2, 0.25) is 5.91 Å². The van der Waals surface area contributed by atoms with Crippen LogP contribution in [0, 0.1) is 5.82 Å². The minimum Gasteiger partial charge on any atom is -0.351 e. The zero-order chi connectivity index (χ0) is 17.7. The van der Waals surface area contributed by atoms with E-state index in [1.54, 1.807) is 6.92 Å². The first-order valence-corrected chi connectivity index (χ1v) is 7.52. The summed E-state index contributed by atoms with van der Waals surface area (Å²) in [6.07, 6.45) is 0.672. The number of imide groups is 1. The van der Waals surface area contributed by atoms with Crippen LogP contribution in [0.5, 0.6) is 0 Å². The molecule has 5 amide bonds. The van der Waals surface area contributed by atoms with Crippen molar-refractivity contribution in [3.05, 3.63) is 30.1 Å². The van der Waals surface area contributed by atoms with Crippen molar-refractivity contribution in [3.8, 4) is 0 Å². The van der Waals surface area contributed by atoms with E-state index in [1.165, 1.54) is 24.3 Å². The molecule has 1 aliphatic rings. The maximum absolute atomic E-state index is 12.8. The van der Waals surface area contributed by atoms with Gasteiger partial charge in [0.05, 0.1) is 6.04 Å². The number of urea groups is 2. The van der Waals surface area contributed by atoms with Crippen LogP contribution in [0.4, 0.5) is 19.7 Å². The van der Waals surface area contributed by atoms with E-state index in [-0.39, 0.29) is 11.9 Å². The number of rotatable bonds is 4. The van der Waals surface area contributed by atoms with Gasteiger partial charge in [0.25, 0.3) is 0 Å². The second-order valence-electron chi connectivity index (χ2n) is 5.62. The zero-order valence-electron chi connectivity index (χ0n) is 13.2. The van der Waals surface area contributed by atoms with Gasteiger partial charge in [-0.2, -0.15) is 0 Å². The van der Waals surface area contributed by atoms with E-state index in [9.17, 15) is 18.8 Å². The topological polar surface area (TPSA) is 117 Å². The van der Waals surface area contributed by atoms with Crippen molar-refractivity contribution < 1.29 is 18.8 Å². The van der Waals surface area contributed by atoms with Crippen LogP contribution in [0.25, 0.3) is 0 Å². The molecule has 0 spiro atoms. The third-order valence-corrected chi connectivity index (χ3v) is 3.83. The molecule has 1 heterocycles. The Kier molecular flexibility index (Phi) is 5.69. The Labute approximate surface area is 138 Å². The molecule has 0 bridgehead atoms. The second-order valence-corrected chi connectivity index (χ2v) is 5.62. The summed E-state index contributed by atoms with van der Waals surface area (Å²) in [6, 6.07) is 3.50. The molecule has 0 radical (unpaired) electrons. The van der Waals surface area contributed by atoms with Gasteiger partial charge in [0.1, 0.15) is 5.82 Å². The molecule has 8 nitrogen and oxygen atoms in total. The van der Waals surface area contributed by atoms with Crippen LogP contribution in [0.15, 0.2) is 24.3 Å². The third-order valence-electron chi connectivity index (χ3n) is 3.83. The van der Waals surface area contributed by atoms with E-state index < -0.39 is 24.0 Å². The van der Waals surface area contributed by atoms with E-state index in [1.807, 2.05) is 10.2 Å². The van der Waals surface area contributed by atoms with E-state index >= 15 is 0 Å². The number of hydrogen-bond acceptors (Lipinski definition) is 4. The van der Waals surface area contributed by atoms with Crippen LogP contribution in [-0.2, 0) is 4.79 Å². The minimum atomic E-state index is -0.889. The fraction of sp³-hybridized carbons (Fsp3) is 0.400. The number of nitrogens with zero attached hydrogens (tertiary/aromatic N) is 1. The SMILES string of the molecule is CC(C(=O)NC(N)=O)N1CCC(NC(=O)Nc2ccc(F)cc2)C1. The number of amides is 5. The quantitative estimate of drug-likeness (QED) is 0.644.